The first kappa shape index (κ1) is 61.5. The Morgan fingerprint density at radius 3 is 1.02 bits per heavy atom. The molecule has 1 amide bonds. The zero-order valence-corrected chi connectivity index (χ0v) is 42.1. The second-order valence-electron chi connectivity index (χ2n) is 19.3. The fraction of sp³-hybridized carbons (Fsp3) is 0.877. The third-order valence-corrected chi connectivity index (χ3v) is 13.1. The molecule has 0 heterocycles. The highest BCUT2D eigenvalue weighted by Crippen LogP contribution is 2.17. The number of aliphatic hydroxyl groups excluding tert-OH is 4. The van der Waals surface area contributed by atoms with Crippen molar-refractivity contribution in [2.24, 2.45) is 0 Å². The van der Waals surface area contributed by atoms with Gasteiger partial charge in [0.15, 0.2) is 0 Å². The van der Waals surface area contributed by atoms with E-state index in [-0.39, 0.29) is 0 Å². The number of carbonyl (C=O) groups is 1. The van der Waals surface area contributed by atoms with Gasteiger partial charge in [-0.15, -0.1) is 0 Å². The van der Waals surface area contributed by atoms with Crippen molar-refractivity contribution in [1.29, 1.82) is 0 Å². The molecule has 0 aliphatic carbocycles. The normalized spacial score (nSPS) is 14.1. The summed E-state index contributed by atoms with van der Waals surface area (Å²) in [7, 11) is 0. The summed E-state index contributed by atoms with van der Waals surface area (Å²) in [6.07, 6.45) is 63.8. The predicted molar refractivity (Wildman–Crippen MR) is 274 cm³/mol. The van der Waals surface area contributed by atoms with Crippen LogP contribution >= 0.6 is 0 Å². The molecule has 0 aliphatic heterocycles. The molecule has 0 aromatic rings. The first-order chi connectivity index (χ1) is 31.0. The number of aliphatic hydroxyl groups is 4. The largest absolute Gasteiger partial charge is 0.394 e. The number of allylic oxidation sites excluding steroid dienone is 6. The van der Waals surface area contributed by atoms with Crippen LogP contribution in [0.3, 0.4) is 0 Å². The molecule has 63 heavy (non-hydrogen) atoms. The van der Waals surface area contributed by atoms with Gasteiger partial charge in [0.1, 0.15) is 12.2 Å². The Hall–Kier alpha value is -1.47. The van der Waals surface area contributed by atoms with Crippen LogP contribution < -0.4 is 5.32 Å². The zero-order chi connectivity index (χ0) is 45.9. The average Bonchev–Trinajstić information content (AvgIpc) is 3.29. The summed E-state index contributed by atoms with van der Waals surface area (Å²) in [5, 5.41) is 43.8. The van der Waals surface area contributed by atoms with Crippen molar-refractivity contribution >= 4 is 5.91 Å². The lowest BCUT2D eigenvalue weighted by Crippen LogP contribution is -2.53. The average molecular weight is 889 g/mol. The molecule has 0 radical (unpaired) electrons. The first-order valence-electron chi connectivity index (χ1n) is 27.9. The van der Waals surface area contributed by atoms with Crippen LogP contribution in [0.1, 0.15) is 290 Å². The Morgan fingerprint density at radius 2 is 0.667 bits per heavy atom. The molecule has 372 valence electrons. The molecule has 0 spiro atoms. The highest BCUT2D eigenvalue weighted by atomic mass is 16.3. The molecule has 0 saturated carbocycles. The van der Waals surface area contributed by atoms with E-state index in [0.29, 0.717) is 19.3 Å². The van der Waals surface area contributed by atoms with Crippen LogP contribution in [-0.2, 0) is 4.79 Å². The van der Waals surface area contributed by atoms with Crippen molar-refractivity contribution in [2.45, 2.75) is 314 Å². The van der Waals surface area contributed by atoms with Crippen LogP contribution in [0.5, 0.6) is 0 Å². The number of nitrogens with one attached hydrogen (secondary N) is 1. The molecule has 4 atom stereocenters. The summed E-state index contributed by atoms with van der Waals surface area (Å²) in [4.78, 5) is 12.6. The third kappa shape index (κ3) is 45.5. The summed E-state index contributed by atoms with van der Waals surface area (Å²) in [5.41, 5.74) is 0. The summed E-state index contributed by atoms with van der Waals surface area (Å²) in [5.74, 6) is -0.595. The molecule has 4 unspecified atom stereocenters. The topological polar surface area (TPSA) is 110 Å². The standard InChI is InChI=1S/C57H109NO5/c1-3-5-7-9-11-13-15-17-18-19-20-21-22-23-24-25-26-27-28-29-30-31-32-33-34-35-36-37-39-41-43-45-47-49-51-55(61)57(63)58-53(52-59)56(62)54(60)50-48-46-44-42-40-38-16-14-12-10-8-6-4-2/h14,16,25-26,42,44,53-56,59-62H,3-13,15,17-24,27-41,43,45-52H2,1-2H3,(H,58,63)/b16-14+,26-25-,44-42+. The molecule has 0 bridgehead atoms. The van der Waals surface area contributed by atoms with E-state index in [2.05, 4.69) is 55.6 Å². The van der Waals surface area contributed by atoms with Crippen LogP contribution in [0.25, 0.3) is 0 Å². The molecule has 0 aromatic carbocycles. The minimum absolute atomic E-state index is 0.362. The Kier molecular flexibility index (Phi) is 50.3. The molecular formula is C57H109NO5. The van der Waals surface area contributed by atoms with Gasteiger partial charge in [0.2, 0.25) is 5.91 Å². The lowest BCUT2D eigenvalue weighted by atomic mass is 10.00. The maximum atomic E-state index is 12.6. The van der Waals surface area contributed by atoms with Gasteiger partial charge in [-0.05, 0) is 77.0 Å². The van der Waals surface area contributed by atoms with Gasteiger partial charge in [0.05, 0.1) is 18.8 Å². The Labute approximate surface area is 392 Å². The summed E-state index contributed by atoms with van der Waals surface area (Å²) in [6.45, 7) is 4.03. The maximum absolute atomic E-state index is 12.6. The third-order valence-electron chi connectivity index (χ3n) is 13.1. The molecule has 0 fully saturated rings. The molecule has 0 saturated heterocycles. The predicted octanol–water partition coefficient (Wildman–Crippen LogP) is 16.0. The fourth-order valence-corrected chi connectivity index (χ4v) is 8.65. The van der Waals surface area contributed by atoms with Gasteiger partial charge in [-0.2, -0.15) is 0 Å². The van der Waals surface area contributed by atoms with E-state index in [4.69, 9.17) is 0 Å². The van der Waals surface area contributed by atoms with Crippen LogP contribution in [0.15, 0.2) is 36.5 Å². The second kappa shape index (κ2) is 51.5. The number of amides is 1. The Balaban J connectivity index is 3.56. The fourth-order valence-electron chi connectivity index (χ4n) is 8.65. The van der Waals surface area contributed by atoms with Crippen molar-refractivity contribution in [3.8, 4) is 0 Å². The van der Waals surface area contributed by atoms with Crippen molar-refractivity contribution in [3.05, 3.63) is 36.5 Å². The molecule has 0 aromatic heterocycles. The van der Waals surface area contributed by atoms with E-state index < -0.39 is 36.9 Å². The van der Waals surface area contributed by atoms with Crippen LogP contribution in [0, 0.1) is 0 Å². The van der Waals surface area contributed by atoms with Crippen LogP contribution in [0.2, 0.25) is 0 Å². The molecular weight excluding hydrogens is 779 g/mol. The SMILES string of the molecule is CCCCCC/C=C/CC/C=C/CCCC(O)C(O)C(CO)NC(=O)C(O)CCCCCCCCCCCCCCCCCC/C=C\CCCCCCCCCCCCCCCC. The lowest BCUT2D eigenvalue weighted by molar-refractivity contribution is -0.132. The number of unbranched alkanes of at least 4 members (excludes halogenated alkanes) is 36. The Morgan fingerprint density at radius 1 is 0.381 bits per heavy atom. The summed E-state index contributed by atoms with van der Waals surface area (Å²) in [6, 6.07) is -1.01. The van der Waals surface area contributed by atoms with Gasteiger partial charge >= 0.3 is 0 Å². The van der Waals surface area contributed by atoms with Crippen molar-refractivity contribution < 1.29 is 25.2 Å². The van der Waals surface area contributed by atoms with Crippen molar-refractivity contribution in [3.63, 3.8) is 0 Å². The highest BCUT2D eigenvalue weighted by Gasteiger charge is 2.28. The highest BCUT2D eigenvalue weighted by molar-refractivity contribution is 5.80. The number of hydrogen-bond acceptors (Lipinski definition) is 5. The van der Waals surface area contributed by atoms with Gasteiger partial charge in [-0.3, -0.25) is 4.79 Å². The van der Waals surface area contributed by atoms with Gasteiger partial charge in [0.25, 0.3) is 0 Å². The number of rotatable bonds is 51. The van der Waals surface area contributed by atoms with E-state index in [1.54, 1.807) is 0 Å². The smallest absolute Gasteiger partial charge is 0.249 e. The van der Waals surface area contributed by atoms with E-state index in [0.717, 1.165) is 44.9 Å². The van der Waals surface area contributed by atoms with Crippen molar-refractivity contribution in [1.82, 2.24) is 5.32 Å². The summed E-state index contributed by atoms with van der Waals surface area (Å²) < 4.78 is 0. The zero-order valence-electron chi connectivity index (χ0n) is 42.1. The van der Waals surface area contributed by atoms with E-state index in [1.165, 1.54) is 212 Å². The van der Waals surface area contributed by atoms with Gasteiger partial charge in [-0.25, -0.2) is 0 Å². The maximum Gasteiger partial charge on any atom is 0.249 e. The quantitative estimate of drug-likeness (QED) is 0.0309. The molecule has 6 heteroatoms. The lowest BCUT2D eigenvalue weighted by Gasteiger charge is -2.27. The van der Waals surface area contributed by atoms with Crippen molar-refractivity contribution in [2.75, 3.05) is 6.61 Å². The van der Waals surface area contributed by atoms with E-state index >= 15 is 0 Å². The minimum atomic E-state index is -1.29. The molecule has 0 aliphatic rings. The minimum Gasteiger partial charge on any atom is -0.394 e. The molecule has 5 N–H and O–H groups in total. The van der Waals surface area contributed by atoms with E-state index in [9.17, 15) is 25.2 Å². The molecule has 6 nitrogen and oxygen atoms in total. The summed E-state index contributed by atoms with van der Waals surface area (Å²) >= 11 is 0. The monoisotopic (exact) mass is 888 g/mol. The van der Waals surface area contributed by atoms with Crippen LogP contribution in [0.4, 0.5) is 0 Å². The first-order valence-corrected chi connectivity index (χ1v) is 27.9. The molecule has 0 rings (SSSR count). The van der Waals surface area contributed by atoms with Gasteiger partial charge in [0, 0.05) is 0 Å². The number of carbonyl (C=O) groups excluding carboxylic acids is 1. The van der Waals surface area contributed by atoms with Crippen LogP contribution in [-0.4, -0.2) is 57.3 Å². The van der Waals surface area contributed by atoms with Gasteiger partial charge in [-0.1, -0.05) is 249 Å². The number of hydrogen-bond donors (Lipinski definition) is 5. The van der Waals surface area contributed by atoms with Gasteiger partial charge < -0.3 is 25.7 Å². The van der Waals surface area contributed by atoms with E-state index in [1.807, 2.05) is 0 Å². The Bertz CT molecular complexity index is 997. The second-order valence-corrected chi connectivity index (χ2v) is 19.3.